The Bertz CT molecular complexity index is 1970. The van der Waals surface area contributed by atoms with E-state index in [1.807, 2.05) is 42.5 Å². The van der Waals surface area contributed by atoms with E-state index in [0.717, 1.165) is 41.5 Å². The summed E-state index contributed by atoms with van der Waals surface area (Å²) in [5, 5.41) is 0.976. The van der Waals surface area contributed by atoms with Crippen LogP contribution in [0.3, 0.4) is 0 Å². The number of benzene rings is 4. The maximum atomic E-state index is 14.4. The van der Waals surface area contributed by atoms with Gasteiger partial charge in [0.2, 0.25) is 6.10 Å². The molecule has 284 valence electrons. The SMILES string of the molecule is CC[C@H](c1ccccc1)N1Cc2cc3c(cc2C[C@H]1C(=O)O[C@@H]1C[C@H](C)CC[C@H]1C(C)C)N(C)C(=O)[C@H](c1ccc(OCc2ccc(Cl)c(Cl)c2)cc1)O3. The molecule has 7 nitrogen and oxygen atoms in total. The minimum atomic E-state index is -0.813. The van der Waals surface area contributed by atoms with Crippen LogP contribution in [0.25, 0.3) is 0 Å². The van der Waals surface area contributed by atoms with Gasteiger partial charge in [0.15, 0.2) is 0 Å². The molecule has 0 N–H and O–H groups in total. The number of fused-ring (bicyclic) bond motifs is 2. The number of nitrogens with zero attached hydrogens (tertiary/aromatic N) is 2. The van der Waals surface area contributed by atoms with Gasteiger partial charge in [0.25, 0.3) is 5.91 Å². The summed E-state index contributed by atoms with van der Waals surface area (Å²) in [6, 6.07) is 26.9. The molecule has 0 radical (unpaired) electrons. The lowest BCUT2D eigenvalue weighted by Gasteiger charge is -2.43. The lowest BCUT2D eigenvalue weighted by Crippen LogP contribution is -2.50. The van der Waals surface area contributed by atoms with Gasteiger partial charge in [0.1, 0.15) is 30.3 Å². The molecule has 7 rings (SSSR count). The molecule has 2 aliphatic heterocycles. The van der Waals surface area contributed by atoms with Crippen LogP contribution in [-0.4, -0.2) is 36.0 Å². The zero-order chi connectivity index (χ0) is 38.1. The average molecular weight is 770 g/mol. The molecule has 0 spiro atoms. The smallest absolute Gasteiger partial charge is 0.324 e. The van der Waals surface area contributed by atoms with E-state index in [0.29, 0.717) is 64.6 Å². The van der Waals surface area contributed by atoms with Crippen molar-refractivity contribution in [1.82, 2.24) is 4.90 Å². The zero-order valence-corrected chi connectivity index (χ0v) is 33.3. The molecule has 0 aromatic heterocycles. The second kappa shape index (κ2) is 16.4. The van der Waals surface area contributed by atoms with Gasteiger partial charge < -0.3 is 19.1 Å². The van der Waals surface area contributed by atoms with E-state index in [-0.39, 0.29) is 24.0 Å². The Morgan fingerprint density at radius 1 is 0.944 bits per heavy atom. The molecule has 3 aliphatic rings. The highest BCUT2D eigenvalue weighted by Crippen LogP contribution is 2.44. The van der Waals surface area contributed by atoms with E-state index in [4.69, 9.17) is 37.4 Å². The third-order valence-electron chi connectivity index (χ3n) is 11.7. The molecular weight excluding hydrogens is 719 g/mol. The quantitative estimate of drug-likeness (QED) is 0.150. The lowest BCUT2D eigenvalue weighted by atomic mass is 9.75. The van der Waals surface area contributed by atoms with Crippen molar-refractivity contribution in [1.29, 1.82) is 0 Å². The van der Waals surface area contributed by atoms with Crippen molar-refractivity contribution in [2.75, 3.05) is 11.9 Å². The van der Waals surface area contributed by atoms with Crippen LogP contribution in [0.4, 0.5) is 5.69 Å². The van der Waals surface area contributed by atoms with Crippen molar-refractivity contribution in [3.8, 4) is 11.5 Å². The van der Waals surface area contributed by atoms with Crippen molar-refractivity contribution >= 4 is 40.8 Å². The summed E-state index contributed by atoms with van der Waals surface area (Å²) in [6.07, 6.45) is 3.60. The van der Waals surface area contributed by atoms with Crippen LogP contribution in [0.1, 0.15) is 93.3 Å². The van der Waals surface area contributed by atoms with Crippen molar-refractivity contribution < 1.29 is 23.8 Å². The molecular formula is C45H50Cl2N2O5. The van der Waals surface area contributed by atoms with E-state index < -0.39 is 12.1 Å². The van der Waals surface area contributed by atoms with E-state index in [1.54, 1.807) is 24.1 Å². The van der Waals surface area contributed by atoms with Crippen LogP contribution in [0.15, 0.2) is 84.9 Å². The van der Waals surface area contributed by atoms with Gasteiger partial charge in [0, 0.05) is 25.2 Å². The average Bonchev–Trinajstić information content (AvgIpc) is 3.16. The third-order valence-corrected chi connectivity index (χ3v) is 12.4. The number of carbonyl (C=O) groups excluding carboxylic acids is 2. The van der Waals surface area contributed by atoms with E-state index >= 15 is 0 Å². The van der Waals surface area contributed by atoms with Gasteiger partial charge >= 0.3 is 5.97 Å². The van der Waals surface area contributed by atoms with Gasteiger partial charge in [-0.3, -0.25) is 14.5 Å². The van der Waals surface area contributed by atoms with Gasteiger partial charge in [-0.25, -0.2) is 0 Å². The fourth-order valence-electron chi connectivity index (χ4n) is 8.56. The van der Waals surface area contributed by atoms with Crippen molar-refractivity contribution in [3.63, 3.8) is 0 Å². The zero-order valence-electron chi connectivity index (χ0n) is 31.8. The van der Waals surface area contributed by atoms with Crippen LogP contribution in [-0.2, 0) is 33.9 Å². The number of esters is 1. The van der Waals surface area contributed by atoms with Crippen LogP contribution in [0, 0.1) is 17.8 Å². The third kappa shape index (κ3) is 8.00. The second-order valence-corrected chi connectivity index (χ2v) is 16.4. The maximum absolute atomic E-state index is 14.4. The first-order chi connectivity index (χ1) is 26.0. The fraction of sp³-hybridized carbons (Fsp3) is 0.422. The number of carbonyl (C=O) groups is 2. The lowest BCUT2D eigenvalue weighted by molar-refractivity contribution is -0.164. The standard InChI is InChI=1S/C45H50Cl2N2O5/c1-6-38(30-10-8-7-9-11-30)49-25-33-24-42-39(22-32(33)23-40(49)45(51)54-41-20-28(4)12-18-35(41)27(2)3)48(5)44(50)43(53-42)31-14-16-34(17-15-31)52-26-29-13-19-36(46)37(47)21-29/h7-11,13-17,19,21-22,24,27-28,35,38,40-41,43H,6,12,18,20,23,25-26H2,1-5H3/t28-,35+,38-,40+,41-,43+/m1/s1. The Kier molecular flexibility index (Phi) is 11.6. The molecule has 2 heterocycles. The summed E-state index contributed by atoms with van der Waals surface area (Å²) in [5.74, 6) is 2.32. The summed E-state index contributed by atoms with van der Waals surface area (Å²) < 4.78 is 19.0. The number of rotatable bonds is 10. The summed E-state index contributed by atoms with van der Waals surface area (Å²) in [6.45, 7) is 9.81. The summed E-state index contributed by atoms with van der Waals surface area (Å²) in [7, 11) is 1.79. The predicted octanol–water partition coefficient (Wildman–Crippen LogP) is 10.6. The number of likely N-dealkylation sites (N-methyl/N-ethyl adjacent to an activating group) is 1. The van der Waals surface area contributed by atoms with Gasteiger partial charge in [-0.2, -0.15) is 0 Å². The van der Waals surface area contributed by atoms with Gasteiger partial charge in [-0.1, -0.05) is 106 Å². The van der Waals surface area contributed by atoms with Gasteiger partial charge in [-0.05, 0) is 102 Å². The molecule has 0 unspecified atom stereocenters. The number of ether oxygens (including phenoxy) is 3. The van der Waals surface area contributed by atoms with Crippen LogP contribution in [0.5, 0.6) is 11.5 Å². The molecule has 4 aromatic carbocycles. The topological polar surface area (TPSA) is 68.3 Å². The second-order valence-electron chi connectivity index (χ2n) is 15.6. The molecule has 1 amide bonds. The Balaban J connectivity index is 1.14. The highest BCUT2D eigenvalue weighted by molar-refractivity contribution is 6.42. The summed E-state index contributed by atoms with van der Waals surface area (Å²) in [4.78, 5) is 32.2. The van der Waals surface area contributed by atoms with Crippen molar-refractivity contribution in [2.45, 2.75) is 97.2 Å². The first-order valence-electron chi connectivity index (χ1n) is 19.3. The summed E-state index contributed by atoms with van der Waals surface area (Å²) in [5.41, 5.74) is 5.64. The highest BCUT2D eigenvalue weighted by atomic mass is 35.5. The monoisotopic (exact) mass is 768 g/mol. The first-order valence-corrected chi connectivity index (χ1v) is 20.0. The molecule has 54 heavy (non-hydrogen) atoms. The Morgan fingerprint density at radius 3 is 2.41 bits per heavy atom. The molecule has 0 bridgehead atoms. The molecule has 9 heteroatoms. The number of anilines is 1. The molecule has 6 atom stereocenters. The largest absolute Gasteiger partial charge is 0.489 e. The maximum Gasteiger partial charge on any atom is 0.324 e. The van der Waals surface area contributed by atoms with Crippen molar-refractivity contribution in [2.24, 2.45) is 17.8 Å². The summed E-state index contributed by atoms with van der Waals surface area (Å²) >= 11 is 12.2. The number of amides is 1. The molecule has 1 fully saturated rings. The highest BCUT2D eigenvalue weighted by Gasteiger charge is 2.42. The first kappa shape index (κ1) is 38.2. The molecule has 0 saturated heterocycles. The normalized spacial score (nSPS) is 23.3. The van der Waals surface area contributed by atoms with Crippen LogP contribution < -0.4 is 14.4 Å². The number of hydrogen-bond acceptors (Lipinski definition) is 6. The Labute approximate surface area is 329 Å². The van der Waals surface area contributed by atoms with E-state index in [1.165, 1.54) is 12.0 Å². The number of halogens is 2. The minimum Gasteiger partial charge on any atom is -0.489 e. The Hall–Kier alpha value is -4.04. The Morgan fingerprint density at radius 2 is 1.70 bits per heavy atom. The van der Waals surface area contributed by atoms with E-state index in [2.05, 4.69) is 62.9 Å². The van der Waals surface area contributed by atoms with E-state index in [9.17, 15) is 9.59 Å². The van der Waals surface area contributed by atoms with Crippen molar-refractivity contribution in [3.05, 3.63) is 123 Å². The number of hydrogen-bond donors (Lipinski definition) is 0. The van der Waals surface area contributed by atoms with Gasteiger partial charge in [-0.15, -0.1) is 0 Å². The minimum absolute atomic E-state index is 0.0226. The fourth-order valence-corrected chi connectivity index (χ4v) is 8.88. The predicted molar refractivity (Wildman–Crippen MR) is 214 cm³/mol. The van der Waals surface area contributed by atoms with Gasteiger partial charge in [0.05, 0.1) is 15.7 Å². The molecule has 1 saturated carbocycles. The van der Waals surface area contributed by atoms with Crippen LogP contribution in [0.2, 0.25) is 10.0 Å². The molecule has 1 aliphatic carbocycles. The van der Waals surface area contributed by atoms with Crippen LogP contribution >= 0.6 is 23.2 Å². The molecule has 4 aromatic rings.